The fourth-order valence-electron chi connectivity index (χ4n) is 2.95. The van der Waals surface area contributed by atoms with E-state index in [2.05, 4.69) is 15.6 Å². The first-order valence-corrected chi connectivity index (χ1v) is 11.1. The monoisotopic (exact) mass is 407 g/mol. The smallest absolute Gasteiger partial charge is 0.267 e. The molecule has 1 heterocycles. The van der Waals surface area contributed by atoms with E-state index in [4.69, 9.17) is 0 Å². The Kier molecular flexibility index (Phi) is 6.25. The summed E-state index contributed by atoms with van der Waals surface area (Å²) in [6.07, 6.45) is 4.91. The van der Waals surface area contributed by atoms with Crippen LogP contribution in [0.15, 0.2) is 46.7 Å². The van der Waals surface area contributed by atoms with Gasteiger partial charge in [-0.25, -0.2) is 13.1 Å². The molecule has 0 radical (unpaired) electrons. The minimum atomic E-state index is -3.61. The van der Waals surface area contributed by atoms with Crippen molar-refractivity contribution in [3.8, 4) is 0 Å². The van der Waals surface area contributed by atoms with E-state index < -0.39 is 21.8 Å². The van der Waals surface area contributed by atoms with E-state index in [1.54, 1.807) is 17.5 Å². The largest absolute Gasteiger partial charge is 0.279 e. The zero-order valence-corrected chi connectivity index (χ0v) is 16.2. The van der Waals surface area contributed by atoms with E-state index in [0.717, 1.165) is 32.1 Å². The van der Waals surface area contributed by atoms with Crippen LogP contribution in [0.1, 0.15) is 52.1 Å². The highest BCUT2D eigenvalue weighted by molar-refractivity contribution is 7.89. The van der Waals surface area contributed by atoms with Gasteiger partial charge in [-0.2, -0.15) is 0 Å². The lowest BCUT2D eigenvalue weighted by Gasteiger charge is -2.22. The van der Waals surface area contributed by atoms with Crippen molar-refractivity contribution in [1.82, 2.24) is 15.6 Å². The third-order valence-electron chi connectivity index (χ3n) is 4.39. The van der Waals surface area contributed by atoms with Gasteiger partial charge in [-0.05, 0) is 48.6 Å². The first-order valence-electron chi connectivity index (χ1n) is 8.72. The van der Waals surface area contributed by atoms with Crippen LogP contribution < -0.4 is 15.6 Å². The summed E-state index contributed by atoms with van der Waals surface area (Å²) in [4.78, 5) is 24.5. The molecule has 0 atom stereocenters. The van der Waals surface area contributed by atoms with Gasteiger partial charge in [0.05, 0.1) is 9.77 Å². The van der Waals surface area contributed by atoms with E-state index in [9.17, 15) is 18.0 Å². The van der Waals surface area contributed by atoms with Gasteiger partial charge in [-0.15, -0.1) is 11.3 Å². The van der Waals surface area contributed by atoms with Crippen LogP contribution in [0.4, 0.5) is 0 Å². The molecule has 1 aromatic carbocycles. The van der Waals surface area contributed by atoms with E-state index in [1.807, 2.05) is 0 Å². The maximum Gasteiger partial charge on any atom is 0.279 e. The Bertz CT molecular complexity index is 887. The number of thiophene rings is 1. The number of carbonyl (C=O) groups excluding carboxylic acids is 2. The molecule has 144 valence electrons. The minimum absolute atomic E-state index is 0.0285. The van der Waals surface area contributed by atoms with Crippen LogP contribution in [0.25, 0.3) is 0 Å². The minimum Gasteiger partial charge on any atom is -0.267 e. The molecular weight excluding hydrogens is 386 g/mol. The van der Waals surface area contributed by atoms with Crippen molar-refractivity contribution in [2.75, 3.05) is 0 Å². The normalized spacial score (nSPS) is 15.3. The summed E-state index contributed by atoms with van der Waals surface area (Å²) in [6.45, 7) is 0. The van der Waals surface area contributed by atoms with Gasteiger partial charge in [0.25, 0.3) is 11.8 Å². The van der Waals surface area contributed by atoms with Crippen molar-refractivity contribution in [2.45, 2.75) is 43.0 Å². The van der Waals surface area contributed by atoms with Crippen LogP contribution >= 0.6 is 11.3 Å². The summed E-state index contributed by atoms with van der Waals surface area (Å²) >= 11 is 1.26. The number of hydrazine groups is 1. The predicted molar refractivity (Wildman–Crippen MR) is 103 cm³/mol. The number of benzene rings is 1. The number of carbonyl (C=O) groups is 2. The SMILES string of the molecule is O=C(NNC(=O)c1cccs1)c1ccc(S(=O)(=O)NC2CCCCC2)cc1. The highest BCUT2D eigenvalue weighted by Crippen LogP contribution is 2.20. The van der Waals surface area contributed by atoms with Gasteiger partial charge in [0.15, 0.2) is 0 Å². The van der Waals surface area contributed by atoms with Gasteiger partial charge in [-0.1, -0.05) is 25.3 Å². The molecule has 1 aliphatic carbocycles. The first kappa shape index (κ1) is 19.5. The first-order chi connectivity index (χ1) is 13.0. The molecule has 2 aromatic rings. The van der Waals surface area contributed by atoms with Gasteiger partial charge in [0.2, 0.25) is 10.0 Å². The molecule has 3 N–H and O–H groups in total. The summed E-state index contributed by atoms with van der Waals surface area (Å²) in [6, 6.07) is 8.97. The average Bonchev–Trinajstić information content (AvgIpc) is 3.21. The zero-order valence-electron chi connectivity index (χ0n) is 14.6. The Balaban J connectivity index is 1.58. The quantitative estimate of drug-likeness (QED) is 0.662. The van der Waals surface area contributed by atoms with Crippen LogP contribution in [-0.2, 0) is 10.0 Å². The van der Waals surface area contributed by atoms with Gasteiger partial charge < -0.3 is 0 Å². The molecular formula is C18H21N3O4S2. The van der Waals surface area contributed by atoms with E-state index >= 15 is 0 Å². The van der Waals surface area contributed by atoms with Crippen LogP contribution in [0.3, 0.4) is 0 Å². The van der Waals surface area contributed by atoms with Crippen molar-refractivity contribution in [1.29, 1.82) is 0 Å². The van der Waals surface area contributed by atoms with Crippen LogP contribution in [-0.4, -0.2) is 26.3 Å². The van der Waals surface area contributed by atoms with Crippen molar-refractivity contribution in [3.63, 3.8) is 0 Å². The molecule has 1 aliphatic rings. The maximum absolute atomic E-state index is 12.5. The molecule has 0 saturated heterocycles. The highest BCUT2D eigenvalue weighted by atomic mass is 32.2. The summed E-state index contributed by atoms with van der Waals surface area (Å²) in [5.74, 6) is -0.932. The fraction of sp³-hybridized carbons (Fsp3) is 0.333. The maximum atomic E-state index is 12.5. The lowest BCUT2D eigenvalue weighted by Crippen LogP contribution is -2.41. The molecule has 7 nitrogen and oxygen atoms in total. The Labute approximate surface area is 162 Å². The second-order valence-corrected chi connectivity index (χ2v) is 9.03. The third-order valence-corrected chi connectivity index (χ3v) is 6.79. The number of hydrogen-bond donors (Lipinski definition) is 3. The zero-order chi connectivity index (χ0) is 19.3. The van der Waals surface area contributed by atoms with Crippen LogP contribution in [0.5, 0.6) is 0 Å². The molecule has 0 aliphatic heterocycles. The van der Waals surface area contributed by atoms with Crippen molar-refractivity contribution >= 4 is 33.2 Å². The topological polar surface area (TPSA) is 104 Å². The molecule has 9 heteroatoms. The molecule has 27 heavy (non-hydrogen) atoms. The molecule has 3 rings (SSSR count). The van der Waals surface area contributed by atoms with Crippen LogP contribution in [0, 0.1) is 0 Å². The van der Waals surface area contributed by atoms with E-state index in [0.29, 0.717) is 4.88 Å². The second kappa shape index (κ2) is 8.64. The van der Waals surface area contributed by atoms with E-state index in [-0.39, 0.29) is 16.5 Å². The molecule has 1 fully saturated rings. The van der Waals surface area contributed by atoms with Crippen molar-refractivity contribution in [3.05, 3.63) is 52.2 Å². The number of hydrogen-bond acceptors (Lipinski definition) is 5. The molecule has 0 bridgehead atoms. The number of rotatable bonds is 5. The summed E-state index contributed by atoms with van der Waals surface area (Å²) < 4.78 is 27.7. The molecule has 1 aromatic heterocycles. The van der Waals surface area contributed by atoms with Gasteiger partial charge in [0, 0.05) is 11.6 Å². The van der Waals surface area contributed by atoms with Crippen molar-refractivity contribution < 1.29 is 18.0 Å². The molecule has 0 spiro atoms. The third kappa shape index (κ3) is 5.15. The van der Waals surface area contributed by atoms with Crippen LogP contribution in [0.2, 0.25) is 0 Å². The average molecular weight is 408 g/mol. The fourth-order valence-corrected chi connectivity index (χ4v) is 4.87. The standard InChI is InChI=1S/C18H21N3O4S2/c22-17(19-20-18(23)16-7-4-12-26-16)13-8-10-15(11-9-13)27(24,25)21-14-5-2-1-3-6-14/h4,7-12,14,21H,1-3,5-6H2,(H,19,22)(H,20,23). The van der Waals surface area contributed by atoms with Gasteiger partial charge in [0.1, 0.15) is 0 Å². The van der Waals surface area contributed by atoms with Gasteiger partial charge in [-0.3, -0.25) is 20.4 Å². The van der Waals surface area contributed by atoms with Gasteiger partial charge >= 0.3 is 0 Å². The Morgan fingerprint density at radius 1 is 0.926 bits per heavy atom. The lowest BCUT2D eigenvalue weighted by molar-refractivity contribution is 0.0849. The number of amides is 2. The molecule has 2 amide bonds. The molecule has 0 unspecified atom stereocenters. The number of sulfonamides is 1. The summed E-state index contributed by atoms with van der Waals surface area (Å²) in [7, 11) is -3.61. The second-order valence-electron chi connectivity index (χ2n) is 6.37. The summed E-state index contributed by atoms with van der Waals surface area (Å²) in [5, 5.41) is 1.76. The van der Waals surface area contributed by atoms with E-state index in [1.165, 1.54) is 35.6 Å². The number of nitrogens with one attached hydrogen (secondary N) is 3. The molecule has 1 saturated carbocycles. The Morgan fingerprint density at radius 2 is 1.59 bits per heavy atom. The van der Waals surface area contributed by atoms with Crippen molar-refractivity contribution in [2.24, 2.45) is 0 Å². The highest BCUT2D eigenvalue weighted by Gasteiger charge is 2.22. The summed E-state index contributed by atoms with van der Waals surface area (Å²) in [5.41, 5.74) is 4.89. The lowest BCUT2D eigenvalue weighted by atomic mass is 9.96. The Morgan fingerprint density at radius 3 is 2.22 bits per heavy atom. The predicted octanol–water partition coefficient (Wildman–Crippen LogP) is 2.43. The Hall–Kier alpha value is -2.23.